The molecule has 0 radical (unpaired) electrons. The van der Waals surface area contributed by atoms with Crippen molar-refractivity contribution in [2.75, 3.05) is 25.6 Å². The summed E-state index contributed by atoms with van der Waals surface area (Å²) in [5, 5.41) is 5.32. The third kappa shape index (κ3) is 6.08. The van der Waals surface area contributed by atoms with Crippen molar-refractivity contribution in [3.05, 3.63) is 24.3 Å². The SMILES string of the molecule is COCCNC(=O)[C@@H](C)Sc1ccc(NC(C)=O)cc1. The van der Waals surface area contributed by atoms with Crippen LogP contribution in [0.1, 0.15) is 13.8 Å². The highest BCUT2D eigenvalue weighted by atomic mass is 32.2. The van der Waals surface area contributed by atoms with Crippen molar-refractivity contribution in [2.45, 2.75) is 24.0 Å². The van der Waals surface area contributed by atoms with Crippen molar-refractivity contribution in [3.8, 4) is 0 Å². The lowest BCUT2D eigenvalue weighted by Gasteiger charge is -2.12. The zero-order valence-corrected chi connectivity index (χ0v) is 12.8. The summed E-state index contributed by atoms with van der Waals surface area (Å²) < 4.78 is 4.88. The molecule has 0 saturated heterocycles. The first-order valence-corrected chi connectivity index (χ1v) is 7.22. The highest BCUT2D eigenvalue weighted by Gasteiger charge is 2.13. The van der Waals surface area contributed by atoms with E-state index in [0.29, 0.717) is 13.2 Å². The maximum absolute atomic E-state index is 11.8. The Labute approximate surface area is 123 Å². The molecule has 1 aromatic rings. The van der Waals surface area contributed by atoms with Crippen LogP contribution >= 0.6 is 11.8 Å². The number of rotatable bonds is 7. The highest BCUT2D eigenvalue weighted by molar-refractivity contribution is 8.00. The molecule has 2 amide bonds. The summed E-state index contributed by atoms with van der Waals surface area (Å²) in [5.41, 5.74) is 0.749. The molecule has 0 heterocycles. The molecule has 5 nitrogen and oxygen atoms in total. The van der Waals surface area contributed by atoms with Gasteiger partial charge < -0.3 is 15.4 Å². The average molecular weight is 296 g/mol. The van der Waals surface area contributed by atoms with Crippen LogP contribution in [0.25, 0.3) is 0 Å². The Morgan fingerprint density at radius 3 is 2.50 bits per heavy atom. The van der Waals surface area contributed by atoms with E-state index in [2.05, 4.69) is 10.6 Å². The van der Waals surface area contributed by atoms with Crippen LogP contribution in [0.15, 0.2) is 29.2 Å². The lowest BCUT2D eigenvalue weighted by molar-refractivity contribution is -0.120. The fraction of sp³-hybridized carbons (Fsp3) is 0.429. The number of anilines is 1. The monoisotopic (exact) mass is 296 g/mol. The van der Waals surface area contributed by atoms with Crippen molar-refractivity contribution in [1.82, 2.24) is 5.32 Å². The quantitative estimate of drug-likeness (QED) is 0.595. The Kier molecular flexibility index (Phi) is 7.11. The minimum atomic E-state index is -0.182. The molecule has 0 spiro atoms. The van der Waals surface area contributed by atoms with E-state index in [-0.39, 0.29) is 17.1 Å². The van der Waals surface area contributed by atoms with E-state index in [9.17, 15) is 9.59 Å². The highest BCUT2D eigenvalue weighted by Crippen LogP contribution is 2.24. The predicted octanol–water partition coefficient (Wildman–Crippen LogP) is 1.89. The molecule has 0 bridgehead atoms. The van der Waals surface area contributed by atoms with Gasteiger partial charge >= 0.3 is 0 Å². The Morgan fingerprint density at radius 1 is 1.30 bits per heavy atom. The van der Waals surface area contributed by atoms with Gasteiger partial charge in [-0.15, -0.1) is 11.8 Å². The number of carbonyl (C=O) groups excluding carboxylic acids is 2. The molecule has 110 valence electrons. The number of thioether (sulfide) groups is 1. The second-order valence-electron chi connectivity index (χ2n) is 4.25. The molecule has 2 N–H and O–H groups in total. The molecule has 0 unspecified atom stereocenters. The molecule has 1 rings (SSSR count). The van der Waals surface area contributed by atoms with Gasteiger partial charge in [-0.05, 0) is 31.2 Å². The molecule has 0 aromatic heterocycles. The summed E-state index contributed by atoms with van der Waals surface area (Å²) >= 11 is 1.47. The van der Waals surface area contributed by atoms with Crippen LogP contribution in [0, 0.1) is 0 Å². The van der Waals surface area contributed by atoms with E-state index in [4.69, 9.17) is 4.74 Å². The number of carbonyl (C=O) groups is 2. The van der Waals surface area contributed by atoms with E-state index < -0.39 is 0 Å². The zero-order valence-electron chi connectivity index (χ0n) is 11.9. The van der Waals surface area contributed by atoms with Crippen LogP contribution in [-0.2, 0) is 14.3 Å². The number of methoxy groups -OCH3 is 1. The molecule has 0 aliphatic rings. The zero-order chi connectivity index (χ0) is 15.0. The molecular weight excluding hydrogens is 276 g/mol. The average Bonchev–Trinajstić information content (AvgIpc) is 2.40. The Morgan fingerprint density at radius 2 is 1.95 bits per heavy atom. The Hall–Kier alpha value is -1.53. The molecule has 0 saturated carbocycles. The smallest absolute Gasteiger partial charge is 0.233 e. The molecule has 1 aromatic carbocycles. The van der Waals surface area contributed by atoms with Crippen molar-refractivity contribution >= 4 is 29.3 Å². The predicted molar refractivity (Wildman–Crippen MR) is 81.0 cm³/mol. The molecule has 1 atom stereocenters. The molecular formula is C14H20N2O3S. The van der Waals surface area contributed by atoms with Gasteiger partial charge in [0.2, 0.25) is 11.8 Å². The topological polar surface area (TPSA) is 67.4 Å². The van der Waals surface area contributed by atoms with Crippen LogP contribution in [0.5, 0.6) is 0 Å². The number of amides is 2. The summed E-state index contributed by atoms with van der Waals surface area (Å²) in [6.45, 7) is 4.35. The maximum atomic E-state index is 11.8. The third-order valence-corrected chi connectivity index (χ3v) is 3.57. The van der Waals surface area contributed by atoms with Crippen molar-refractivity contribution in [1.29, 1.82) is 0 Å². The van der Waals surface area contributed by atoms with Crippen molar-refractivity contribution in [2.24, 2.45) is 0 Å². The summed E-state index contributed by atoms with van der Waals surface area (Å²) in [5.74, 6) is -0.116. The van der Waals surface area contributed by atoms with Gasteiger partial charge in [0.25, 0.3) is 0 Å². The van der Waals surface area contributed by atoms with Crippen molar-refractivity contribution in [3.63, 3.8) is 0 Å². The van der Waals surface area contributed by atoms with E-state index in [1.165, 1.54) is 18.7 Å². The number of nitrogens with one attached hydrogen (secondary N) is 2. The number of hydrogen-bond acceptors (Lipinski definition) is 4. The van der Waals surface area contributed by atoms with Gasteiger partial charge in [-0.25, -0.2) is 0 Å². The summed E-state index contributed by atoms with van der Waals surface area (Å²) in [7, 11) is 1.60. The van der Waals surface area contributed by atoms with E-state index in [1.54, 1.807) is 7.11 Å². The van der Waals surface area contributed by atoms with Crippen LogP contribution in [0.3, 0.4) is 0 Å². The molecule has 6 heteroatoms. The maximum Gasteiger partial charge on any atom is 0.233 e. The van der Waals surface area contributed by atoms with Crippen LogP contribution in [-0.4, -0.2) is 37.3 Å². The number of hydrogen-bond donors (Lipinski definition) is 2. The lowest BCUT2D eigenvalue weighted by Crippen LogP contribution is -2.33. The molecule has 0 fully saturated rings. The van der Waals surface area contributed by atoms with Gasteiger partial charge in [0.15, 0.2) is 0 Å². The standard InChI is InChI=1S/C14H20N2O3S/c1-10(14(18)15-8-9-19-3)20-13-6-4-12(5-7-13)16-11(2)17/h4-7,10H,8-9H2,1-3H3,(H,15,18)(H,16,17)/t10-/m1/s1. The van der Waals surface area contributed by atoms with Gasteiger partial charge in [-0.1, -0.05) is 0 Å². The second kappa shape index (κ2) is 8.60. The summed E-state index contributed by atoms with van der Waals surface area (Å²) in [6, 6.07) is 7.41. The first-order chi connectivity index (χ1) is 9.52. The van der Waals surface area contributed by atoms with E-state index in [0.717, 1.165) is 10.6 Å². The molecule has 20 heavy (non-hydrogen) atoms. The summed E-state index contributed by atoms with van der Waals surface area (Å²) in [4.78, 5) is 23.7. The van der Waals surface area contributed by atoms with Crippen LogP contribution in [0.4, 0.5) is 5.69 Å². The second-order valence-corrected chi connectivity index (χ2v) is 5.66. The van der Waals surface area contributed by atoms with Gasteiger partial charge in [0.1, 0.15) is 0 Å². The van der Waals surface area contributed by atoms with Crippen LogP contribution < -0.4 is 10.6 Å². The molecule has 0 aliphatic heterocycles. The Balaban J connectivity index is 2.47. The van der Waals surface area contributed by atoms with E-state index >= 15 is 0 Å². The Bertz CT molecular complexity index is 448. The van der Waals surface area contributed by atoms with Gasteiger partial charge in [0, 0.05) is 31.2 Å². The first kappa shape index (κ1) is 16.5. The lowest BCUT2D eigenvalue weighted by atomic mass is 10.3. The van der Waals surface area contributed by atoms with Gasteiger partial charge in [-0.3, -0.25) is 9.59 Å². The van der Waals surface area contributed by atoms with Crippen LogP contribution in [0.2, 0.25) is 0 Å². The fourth-order valence-corrected chi connectivity index (χ4v) is 2.39. The largest absolute Gasteiger partial charge is 0.383 e. The minimum Gasteiger partial charge on any atom is -0.383 e. The molecule has 0 aliphatic carbocycles. The fourth-order valence-electron chi connectivity index (χ4n) is 1.50. The number of ether oxygens (including phenoxy) is 1. The minimum absolute atomic E-state index is 0.0158. The number of benzene rings is 1. The van der Waals surface area contributed by atoms with Crippen molar-refractivity contribution < 1.29 is 14.3 Å². The normalized spacial score (nSPS) is 11.8. The third-order valence-electron chi connectivity index (χ3n) is 2.46. The summed E-state index contributed by atoms with van der Waals surface area (Å²) in [6.07, 6.45) is 0. The first-order valence-electron chi connectivity index (χ1n) is 6.34. The van der Waals surface area contributed by atoms with E-state index in [1.807, 2.05) is 31.2 Å². The van der Waals surface area contributed by atoms with Gasteiger partial charge in [0.05, 0.1) is 11.9 Å². The van der Waals surface area contributed by atoms with Gasteiger partial charge in [-0.2, -0.15) is 0 Å².